The van der Waals surface area contributed by atoms with E-state index in [4.69, 9.17) is 4.42 Å². The van der Waals surface area contributed by atoms with Gasteiger partial charge in [0.05, 0.1) is 19.2 Å². The number of hydrogen-bond acceptors (Lipinski definition) is 2. The van der Waals surface area contributed by atoms with E-state index < -0.39 is 0 Å². The Bertz CT molecular complexity index is 489. The van der Waals surface area contributed by atoms with Gasteiger partial charge >= 0.3 is 0 Å². The summed E-state index contributed by atoms with van der Waals surface area (Å²) in [7, 11) is 0. The summed E-state index contributed by atoms with van der Waals surface area (Å²) < 4.78 is 5.14. The summed E-state index contributed by atoms with van der Waals surface area (Å²) in [6, 6.07) is 11.6. The lowest BCUT2D eigenvalue weighted by Crippen LogP contribution is -2.24. The van der Waals surface area contributed by atoms with Crippen LogP contribution in [-0.2, 0) is 17.8 Å². The normalized spacial score (nSPS) is 10.2. The van der Waals surface area contributed by atoms with Crippen LogP contribution in [0.4, 0.5) is 0 Å². The van der Waals surface area contributed by atoms with E-state index in [2.05, 4.69) is 5.32 Å². The van der Waals surface area contributed by atoms with E-state index in [0.29, 0.717) is 13.0 Å². The number of carbonyl (C=O) groups excluding carboxylic acids is 1. The molecule has 0 saturated heterocycles. The Balaban J connectivity index is 1.87. The maximum Gasteiger partial charge on any atom is 0.224 e. The van der Waals surface area contributed by atoms with E-state index >= 15 is 0 Å². The molecule has 0 saturated carbocycles. The minimum absolute atomic E-state index is 0.00991. The van der Waals surface area contributed by atoms with Gasteiger partial charge < -0.3 is 9.73 Å². The first kappa shape index (κ1) is 11.5. The zero-order valence-electron chi connectivity index (χ0n) is 9.77. The second-order valence-corrected chi connectivity index (χ2v) is 3.96. The molecule has 0 unspecified atom stereocenters. The molecule has 0 spiro atoms. The molecular formula is C14H15NO2. The molecule has 3 heteroatoms. The van der Waals surface area contributed by atoms with Gasteiger partial charge in [-0.15, -0.1) is 0 Å². The largest absolute Gasteiger partial charge is 0.467 e. The Morgan fingerprint density at radius 2 is 2.06 bits per heavy atom. The van der Waals surface area contributed by atoms with Gasteiger partial charge in [-0.05, 0) is 30.2 Å². The minimum Gasteiger partial charge on any atom is -0.467 e. The van der Waals surface area contributed by atoms with Crippen molar-refractivity contribution in [1.29, 1.82) is 0 Å². The van der Waals surface area contributed by atoms with Crippen LogP contribution in [0.15, 0.2) is 47.1 Å². The fourth-order valence-electron chi connectivity index (χ4n) is 1.64. The van der Waals surface area contributed by atoms with Crippen molar-refractivity contribution in [3.63, 3.8) is 0 Å². The van der Waals surface area contributed by atoms with Crippen LogP contribution in [-0.4, -0.2) is 5.91 Å². The molecular weight excluding hydrogens is 214 g/mol. The monoisotopic (exact) mass is 229 g/mol. The van der Waals surface area contributed by atoms with Crippen molar-refractivity contribution in [3.05, 3.63) is 59.5 Å². The molecule has 0 aliphatic carbocycles. The first-order valence-corrected chi connectivity index (χ1v) is 5.59. The fraction of sp³-hybridized carbons (Fsp3) is 0.214. The molecule has 0 aliphatic rings. The third-order valence-corrected chi connectivity index (χ3v) is 2.65. The molecule has 0 fully saturated rings. The summed E-state index contributed by atoms with van der Waals surface area (Å²) >= 11 is 0. The lowest BCUT2D eigenvalue weighted by molar-refractivity contribution is -0.120. The highest BCUT2D eigenvalue weighted by Crippen LogP contribution is 2.07. The number of rotatable bonds is 4. The number of furan rings is 1. The summed E-state index contributed by atoms with van der Waals surface area (Å²) in [5.41, 5.74) is 2.20. The van der Waals surface area contributed by atoms with Gasteiger partial charge in [-0.1, -0.05) is 24.3 Å². The molecule has 3 nitrogen and oxygen atoms in total. The van der Waals surface area contributed by atoms with E-state index in [1.165, 1.54) is 0 Å². The van der Waals surface area contributed by atoms with Crippen molar-refractivity contribution in [3.8, 4) is 0 Å². The van der Waals surface area contributed by atoms with Crippen LogP contribution in [0.25, 0.3) is 0 Å². The van der Waals surface area contributed by atoms with Crippen molar-refractivity contribution in [2.24, 2.45) is 0 Å². The Hall–Kier alpha value is -2.03. The van der Waals surface area contributed by atoms with Crippen LogP contribution < -0.4 is 5.32 Å². The van der Waals surface area contributed by atoms with Crippen LogP contribution >= 0.6 is 0 Å². The summed E-state index contributed by atoms with van der Waals surface area (Å²) in [5.74, 6) is 0.777. The summed E-state index contributed by atoms with van der Waals surface area (Å²) in [6.45, 7) is 2.45. The van der Waals surface area contributed by atoms with Gasteiger partial charge in [0.1, 0.15) is 5.76 Å². The Labute approximate surface area is 100 Å². The molecule has 0 radical (unpaired) electrons. The lowest BCUT2D eigenvalue weighted by Gasteiger charge is -2.06. The van der Waals surface area contributed by atoms with Gasteiger partial charge in [-0.3, -0.25) is 4.79 Å². The number of carbonyl (C=O) groups is 1. The number of aryl methyl sites for hydroxylation is 1. The highest BCUT2D eigenvalue weighted by Gasteiger charge is 2.05. The molecule has 0 atom stereocenters. The molecule has 1 N–H and O–H groups in total. The fourth-order valence-corrected chi connectivity index (χ4v) is 1.64. The average molecular weight is 229 g/mol. The molecule has 2 aromatic rings. The Morgan fingerprint density at radius 1 is 1.24 bits per heavy atom. The van der Waals surface area contributed by atoms with Crippen molar-refractivity contribution >= 4 is 5.91 Å². The third-order valence-electron chi connectivity index (χ3n) is 2.65. The number of benzene rings is 1. The predicted octanol–water partition coefficient (Wildman–Crippen LogP) is 2.45. The van der Waals surface area contributed by atoms with Gasteiger partial charge in [-0.2, -0.15) is 0 Å². The van der Waals surface area contributed by atoms with E-state index in [-0.39, 0.29) is 5.91 Å². The Morgan fingerprint density at radius 3 is 2.76 bits per heavy atom. The standard InChI is InChI=1S/C14H15NO2/c1-11-5-2-3-6-12(11)9-14(16)15-10-13-7-4-8-17-13/h2-8H,9-10H2,1H3,(H,15,16). The van der Waals surface area contributed by atoms with E-state index in [0.717, 1.165) is 16.9 Å². The summed E-state index contributed by atoms with van der Waals surface area (Å²) in [5, 5.41) is 2.83. The first-order valence-electron chi connectivity index (χ1n) is 5.59. The molecule has 88 valence electrons. The van der Waals surface area contributed by atoms with E-state index in [1.54, 1.807) is 6.26 Å². The molecule has 0 bridgehead atoms. The van der Waals surface area contributed by atoms with Gasteiger partial charge in [0.25, 0.3) is 0 Å². The van der Waals surface area contributed by atoms with Crippen LogP contribution in [0, 0.1) is 6.92 Å². The predicted molar refractivity (Wildman–Crippen MR) is 65.4 cm³/mol. The second-order valence-electron chi connectivity index (χ2n) is 3.96. The highest BCUT2D eigenvalue weighted by molar-refractivity contribution is 5.78. The number of nitrogens with one attached hydrogen (secondary N) is 1. The third kappa shape index (κ3) is 3.21. The molecule has 0 aliphatic heterocycles. The summed E-state index contributed by atoms with van der Waals surface area (Å²) in [6.07, 6.45) is 2.01. The summed E-state index contributed by atoms with van der Waals surface area (Å²) in [4.78, 5) is 11.7. The van der Waals surface area contributed by atoms with E-state index in [1.807, 2.05) is 43.3 Å². The van der Waals surface area contributed by atoms with Crippen LogP contribution in [0.1, 0.15) is 16.9 Å². The van der Waals surface area contributed by atoms with Gasteiger partial charge in [0.15, 0.2) is 0 Å². The molecule has 1 amide bonds. The number of hydrogen-bond donors (Lipinski definition) is 1. The molecule has 1 aromatic carbocycles. The quantitative estimate of drug-likeness (QED) is 0.875. The second kappa shape index (κ2) is 5.34. The van der Waals surface area contributed by atoms with Crippen molar-refractivity contribution in [2.75, 3.05) is 0 Å². The minimum atomic E-state index is 0.00991. The van der Waals surface area contributed by atoms with Crippen molar-refractivity contribution in [1.82, 2.24) is 5.32 Å². The SMILES string of the molecule is Cc1ccccc1CC(=O)NCc1ccco1. The molecule has 2 rings (SSSR count). The molecule has 17 heavy (non-hydrogen) atoms. The zero-order valence-corrected chi connectivity index (χ0v) is 9.77. The maximum atomic E-state index is 11.7. The lowest BCUT2D eigenvalue weighted by atomic mass is 10.1. The Kier molecular flexibility index (Phi) is 3.60. The van der Waals surface area contributed by atoms with Crippen LogP contribution in [0.2, 0.25) is 0 Å². The van der Waals surface area contributed by atoms with Crippen molar-refractivity contribution < 1.29 is 9.21 Å². The highest BCUT2D eigenvalue weighted by atomic mass is 16.3. The maximum absolute atomic E-state index is 11.7. The smallest absolute Gasteiger partial charge is 0.224 e. The van der Waals surface area contributed by atoms with Gasteiger partial charge in [0.2, 0.25) is 5.91 Å². The van der Waals surface area contributed by atoms with Crippen molar-refractivity contribution in [2.45, 2.75) is 19.9 Å². The van der Waals surface area contributed by atoms with Crippen LogP contribution in [0.5, 0.6) is 0 Å². The number of amides is 1. The first-order chi connectivity index (χ1) is 8.25. The molecule has 1 aromatic heterocycles. The van der Waals surface area contributed by atoms with E-state index in [9.17, 15) is 4.79 Å². The van der Waals surface area contributed by atoms with Gasteiger partial charge in [0, 0.05) is 0 Å². The average Bonchev–Trinajstić information content (AvgIpc) is 2.82. The van der Waals surface area contributed by atoms with Gasteiger partial charge in [-0.25, -0.2) is 0 Å². The topological polar surface area (TPSA) is 42.2 Å². The molecule has 1 heterocycles. The zero-order chi connectivity index (χ0) is 12.1. The van der Waals surface area contributed by atoms with Crippen LogP contribution in [0.3, 0.4) is 0 Å².